The van der Waals surface area contributed by atoms with Crippen molar-refractivity contribution < 1.29 is 18.8 Å². The van der Waals surface area contributed by atoms with Crippen molar-refractivity contribution in [1.29, 1.82) is 0 Å². The Kier molecular flexibility index (Phi) is 15.1. The molecule has 0 amide bonds. The van der Waals surface area contributed by atoms with E-state index in [1.807, 2.05) is 90.1 Å². The molecule has 0 spiro atoms. The molecule has 0 aliphatic heterocycles. The summed E-state index contributed by atoms with van der Waals surface area (Å²) in [6, 6.07) is 18.3. The van der Waals surface area contributed by atoms with Crippen LogP contribution in [0, 0.1) is 0 Å². The van der Waals surface area contributed by atoms with Gasteiger partial charge in [-0.15, -0.1) is 0 Å². The minimum atomic E-state index is -0.852. The van der Waals surface area contributed by atoms with E-state index in [1.54, 1.807) is 25.3 Å². The number of benzene rings is 2. The highest BCUT2D eigenvalue weighted by molar-refractivity contribution is 5.77. The summed E-state index contributed by atoms with van der Waals surface area (Å²) in [7, 11) is 0. The van der Waals surface area contributed by atoms with Gasteiger partial charge in [-0.2, -0.15) is 0 Å². The van der Waals surface area contributed by atoms with E-state index in [2.05, 4.69) is 5.16 Å². The van der Waals surface area contributed by atoms with Gasteiger partial charge in [-0.25, -0.2) is 4.79 Å². The summed E-state index contributed by atoms with van der Waals surface area (Å²) in [4.78, 5) is 12.4. The lowest BCUT2D eigenvalue weighted by atomic mass is 10.1. The van der Waals surface area contributed by atoms with Gasteiger partial charge in [0.05, 0.1) is 18.4 Å². The maximum absolute atomic E-state index is 12.4. The summed E-state index contributed by atoms with van der Waals surface area (Å²) in [5.41, 5.74) is 1.45. The van der Waals surface area contributed by atoms with Crippen LogP contribution in [0.2, 0.25) is 0 Å². The second-order valence-corrected chi connectivity index (χ2v) is 5.03. The van der Waals surface area contributed by atoms with Crippen LogP contribution in [0.4, 0.5) is 0 Å². The highest BCUT2D eigenvalue weighted by Gasteiger charge is 2.25. The molecule has 0 bridgehead atoms. The Morgan fingerprint density at radius 1 is 0.900 bits per heavy atom. The van der Waals surface area contributed by atoms with Crippen molar-refractivity contribution in [3.63, 3.8) is 0 Å². The van der Waals surface area contributed by atoms with Gasteiger partial charge in [0.15, 0.2) is 5.76 Å². The number of carbonyl (C=O) groups excluding carboxylic acids is 1. The van der Waals surface area contributed by atoms with Crippen LogP contribution in [0.15, 0.2) is 71.4 Å². The molecular weight excluding hydrogens is 378 g/mol. The van der Waals surface area contributed by atoms with Crippen LogP contribution in [0.3, 0.4) is 0 Å². The fourth-order valence-electron chi connectivity index (χ4n) is 2.35. The van der Waals surface area contributed by atoms with Crippen LogP contribution in [-0.2, 0) is 9.53 Å². The molecule has 0 N–H and O–H groups in total. The molecule has 0 aliphatic carbocycles. The Labute approximate surface area is 181 Å². The lowest BCUT2D eigenvalue weighted by Crippen LogP contribution is -2.21. The van der Waals surface area contributed by atoms with E-state index in [4.69, 9.17) is 14.0 Å². The van der Waals surface area contributed by atoms with E-state index < -0.39 is 12.1 Å². The molecule has 1 unspecified atom stereocenters. The molecule has 1 atom stereocenters. The van der Waals surface area contributed by atoms with Gasteiger partial charge in [0, 0.05) is 11.6 Å². The minimum Gasteiger partial charge on any atom is -0.473 e. The summed E-state index contributed by atoms with van der Waals surface area (Å²) < 4.78 is 16.4. The molecular formula is C25H35NO4. The molecule has 0 saturated heterocycles. The molecule has 0 aliphatic rings. The van der Waals surface area contributed by atoms with Gasteiger partial charge in [0.2, 0.25) is 6.10 Å². The molecule has 1 aromatic heterocycles. The zero-order chi connectivity index (χ0) is 22.8. The van der Waals surface area contributed by atoms with Crippen molar-refractivity contribution in [2.75, 3.05) is 6.61 Å². The van der Waals surface area contributed by atoms with Gasteiger partial charge in [-0.3, -0.25) is 0 Å². The normalized spacial score (nSPS) is 9.97. The lowest BCUT2D eigenvalue weighted by molar-refractivity contribution is -0.151. The van der Waals surface area contributed by atoms with Crippen molar-refractivity contribution in [3.8, 4) is 17.1 Å². The van der Waals surface area contributed by atoms with Crippen LogP contribution >= 0.6 is 0 Å². The Morgan fingerprint density at radius 2 is 1.50 bits per heavy atom. The third kappa shape index (κ3) is 8.11. The summed E-state index contributed by atoms with van der Waals surface area (Å²) in [6.07, 6.45) is 0.710. The molecule has 30 heavy (non-hydrogen) atoms. The van der Waals surface area contributed by atoms with E-state index in [-0.39, 0.29) is 6.61 Å². The monoisotopic (exact) mass is 413 g/mol. The van der Waals surface area contributed by atoms with E-state index >= 15 is 0 Å². The van der Waals surface area contributed by atoms with Crippen LogP contribution in [-0.4, -0.2) is 17.7 Å². The Bertz CT molecular complexity index is 786. The predicted molar refractivity (Wildman–Crippen MR) is 122 cm³/mol. The Balaban J connectivity index is 0.00000129. The number of rotatable bonds is 6. The molecule has 164 valence electrons. The van der Waals surface area contributed by atoms with Crippen molar-refractivity contribution >= 4 is 5.97 Å². The molecule has 0 fully saturated rings. The van der Waals surface area contributed by atoms with Crippen molar-refractivity contribution in [3.05, 3.63) is 72.4 Å². The molecule has 0 saturated carbocycles. The standard InChI is InChI=1S/C19H17NO4.3C2H6/c1-2-22-19(21)18(14-8-4-3-5-9-14)23-16-11-7-6-10-15(16)17-12-13-20-24-17;3*1-2/h3-13,18H,2H2,1H3;3*1-2H3. The molecule has 2 aromatic carbocycles. The number of carbonyl (C=O) groups is 1. The van der Waals surface area contributed by atoms with E-state index in [9.17, 15) is 4.79 Å². The number of hydrogen-bond donors (Lipinski definition) is 0. The third-order valence-electron chi connectivity index (χ3n) is 3.44. The largest absolute Gasteiger partial charge is 0.473 e. The van der Waals surface area contributed by atoms with Gasteiger partial charge in [0.1, 0.15) is 5.75 Å². The Hall–Kier alpha value is -3.08. The smallest absolute Gasteiger partial charge is 0.352 e. The van der Waals surface area contributed by atoms with E-state index in [0.29, 0.717) is 11.5 Å². The summed E-state index contributed by atoms with van der Waals surface area (Å²) in [6.45, 7) is 14.1. The highest BCUT2D eigenvalue weighted by atomic mass is 16.6. The average molecular weight is 414 g/mol. The predicted octanol–water partition coefficient (Wildman–Crippen LogP) is 7.10. The number of esters is 1. The Morgan fingerprint density at radius 3 is 2.07 bits per heavy atom. The van der Waals surface area contributed by atoms with Gasteiger partial charge < -0.3 is 14.0 Å². The maximum Gasteiger partial charge on any atom is 0.352 e. The van der Waals surface area contributed by atoms with Gasteiger partial charge in [0.25, 0.3) is 0 Å². The molecule has 3 rings (SSSR count). The van der Waals surface area contributed by atoms with Crippen LogP contribution < -0.4 is 4.74 Å². The maximum atomic E-state index is 12.4. The number of para-hydroxylation sites is 1. The van der Waals surface area contributed by atoms with E-state index in [1.165, 1.54) is 0 Å². The topological polar surface area (TPSA) is 61.6 Å². The average Bonchev–Trinajstić information content (AvgIpc) is 3.37. The summed E-state index contributed by atoms with van der Waals surface area (Å²) in [5, 5.41) is 3.72. The van der Waals surface area contributed by atoms with Crippen molar-refractivity contribution in [1.82, 2.24) is 5.16 Å². The first-order chi connectivity index (χ1) is 14.8. The second kappa shape index (κ2) is 16.8. The highest BCUT2D eigenvalue weighted by Crippen LogP contribution is 2.33. The summed E-state index contributed by atoms with van der Waals surface area (Å²) >= 11 is 0. The fraction of sp³-hybridized carbons (Fsp3) is 0.360. The van der Waals surface area contributed by atoms with Crippen molar-refractivity contribution in [2.24, 2.45) is 0 Å². The zero-order valence-electron chi connectivity index (χ0n) is 19.2. The molecule has 5 heteroatoms. The van der Waals surface area contributed by atoms with Crippen LogP contribution in [0.25, 0.3) is 11.3 Å². The number of nitrogens with zero attached hydrogens (tertiary/aromatic N) is 1. The first-order valence-electron chi connectivity index (χ1n) is 10.7. The van der Waals surface area contributed by atoms with Crippen molar-refractivity contribution in [2.45, 2.75) is 54.6 Å². The molecule has 0 radical (unpaired) electrons. The second-order valence-electron chi connectivity index (χ2n) is 5.03. The first-order valence-corrected chi connectivity index (χ1v) is 10.7. The molecule has 3 aromatic rings. The fourth-order valence-corrected chi connectivity index (χ4v) is 2.35. The summed E-state index contributed by atoms with van der Waals surface area (Å²) in [5.74, 6) is 0.661. The van der Waals surface area contributed by atoms with Crippen LogP contribution in [0.5, 0.6) is 5.75 Å². The first kappa shape index (κ1) is 26.9. The minimum absolute atomic E-state index is 0.287. The van der Waals surface area contributed by atoms with Crippen LogP contribution in [0.1, 0.15) is 60.1 Å². The van der Waals surface area contributed by atoms with Gasteiger partial charge in [-0.1, -0.05) is 89.2 Å². The zero-order valence-corrected chi connectivity index (χ0v) is 19.2. The number of hydrogen-bond acceptors (Lipinski definition) is 5. The van der Waals surface area contributed by atoms with Gasteiger partial charge in [-0.05, 0) is 19.1 Å². The quantitative estimate of drug-likeness (QED) is 0.403. The molecule has 5 nitrogen and oxygen atoms in total. The lowest BCUT2D eigenvalue weighted by Gasteiger charge is -2.19. The van der Waals surface area contributed by atoms with Gasteiger partial charge >= 0.3 is 5.97 Å². The third-order valence-corrected chi connectivity index (χ3v) is 3.44. The molecule has 1 heterocycles. The number of aromatic nitrogens is 1. The van der Waals surface area contributed by atoms with E-state index in [0.717, 1.165) is 11.1 Å². The number of ether oxygens (including phenoxy) is 2. The SMILES string of the molecule is CC.CC.CC.CCOC(=O)C(Oc1ccccc1-c1ccno1)c1ccccc1.